The molecule has 0 rings (SSSR count). The van der Waals surface area contributed by atoms with Crippen molar-refractivity contribution in [2.24, 2.45) is 5.73 Å². The summed E-state index contributed by atoms with van der Waals surface area (Å²) in [6, 6.07) is 0. The zero-order valence-electron chi connectivity index (χ0n) is 14.8. The van der Waals surface area contributed by atoms with Crippen molar-refractivity contribution < 1.29 is 5.41 Å². The lowest BCUT2D eigenvalue weighted by Crippen LogP contribution is -2.43. The molecular weight excluding hydrogens is 288 g/mol. The van der Waals surface area contributed by atoms with Crippen LogP contribution in [-0.4, -0.2) is 10.9 Å². The maximum atomic E-state index is 5.41. The molecule has 0 fully saturated rings. The van der Waals surface area contributed by atoms with Crippen molar-refractivity contribution in [3.63, 3.8) is 0 Å². The average molecular weight is 328 g/mol. The number of allylic oxidation sites excluding steroid dienone is 2. The summed E-state index contributed by atoms with van der Waals surface area (Å²) in [6.07, 6.45) is 23.7. The van der Waals surface area contributed by atoms with Gasteiger partial charge in [-0.1, -0.05) is 76.9 Å². The van der Waals surface area contributed by atoms with Gasteiger partial charge >= 0.3 is 0 Å². The molecule has 0 aliphatic carbocycles. The molecule has 0 aromatic carbocycles. The second kappa shape index (κ2) is 18.6. The fourth-order valence-electron chi connectivity index (χ4n) is 2.54. The zero-order valence-corrected chi connectivity index (χ0v) is 15.6. The van der Waals surface area contributed by atoms with Crippen LogP contribution >= 0.6 is 11.8 Å². The van der Waals surface area contributed by atoms with Gasteiger partial charge in [0.15, 0.2) is 0 Å². The highest BCUT2D eigenvalue weighted by atomic mass is 32.2. The largest absolute Gasteiger partial charge is 0.299 e. The molecule has 0 heterocycles. The normalized spacial score (nSPS) is 11.3. The van der Waals surface area contributed by atoms with Crippen LogP contribution in [0.1, 0.15) is 96.8 Å². The van der Waals surface area contributed by atoms with E-state index >= 15 is 0 Å². The van der Waals surface area contributed by atoms with E-state index in [9.17, 15) is 0 Å². The van der Waals surface area contributed by atoms with E-state index in [2.05, 4.69) is 19.1 Å². The molecule has 0 unspecified atom stereocenters. The molecule has 22 heavy (non-hydrogen) atoms. The summed E-state index contributed by atoms with van der Waals surface area (Å²) in [6.45, 7) is 2.28. The van der Waals surface area contributed by atoms with Crippen LogP contribution in [0.4, 0.5) is 0 Å². The van der Waals surface area contributed by atoms with Gasteiger partial charge in [0.05, 0.1) is 0 Å². The van der Waals surface area contributed by atoms with E-state index in [0.717, 1.165) is 5.75 Å². The van der Waals surface area contributed by atoms with E-state index in [0.29, 0.717) is 5.17 Å². The maximum Gasteiger partial charge on any atom is 0.299 e. The standard InChI is InChI=1S/C19H38N2S/c1-2-3-4-5-6-7-8-9-10-11-12-13-14-15-16-17-18-22-19(20)21/h9-10H,2-8,11-18H2,1H3,(H3,20,21)/p+1/b10-9-. The van der Waals surface area contributed by atoms with E-state index in [1.54, 1.807) is 11.8 Å². The van der Waals surface area contributed by atoms with Crippen LogP contribution in [0.25, 0.3) is 0 Å². The van der Waals surface area contributed by atoms with Crippen LogP contribution in [0.15, 0.2) is 12.2 Å². The minimum Gasteiger partial charge on any atom is -0.282 e. The lowest BCUT2D eigenvalue weighted by Gasteiger charge is -2.00. The second-order valence-electron chi connectivity index (χ2n) is 6.19. The molecule has 0 bridgehead atoms. The van der Waals surface area contributed by atoms with Gasteiger partial charge in [-0.15, -0.1) is 0 Å². The molecule has 0 spiro atoms. The Morgan fingerprint density at radius 1 is 0.773 bits per heavy atom. The molecule has 0 atom stereocenters. The third-order valence-corrected chi connectivity index (χ3v) is 4.75. The Bertz CT molecular complexity index is 264. The molecule has 0 aliphatic heterocycles. The van der Waals surface area contributed by atoms with E-state index in [1.807, 2.05) is 0 Å². The minimum atomic E-state index is 0.507. The Balaban J connectivity index is 3.06. The fourth-order valence-corrected chi connectivity index (χ4v) is 3.12. The van der Waals surface area contributed by atoms with Crippen LogP contribution in [0.2, 0.25) is 0 Å². The predicted octanol–water partition coefficient (Wildman–Crippen LogP) is 4.83. The number of thioether (sulfide) groups is 1. The molecule has 0 radical (unpaired) electrons. The Labute approximate surface area is 143 Å². The molecule has 4 N–H and O–H groups in total. The average Bonchev–Trinajstić information content (AvgIpc) is 2.50. The first kappa shape index (κ1) is 21.6. The van der Waals surface area contributed by atoms with Gasteiger partial charge in [-0.25, -0.2) is 0 Å². The number of amidine groups is 1. The second-order valence-corrected chi connectivity index (χ2v) is 7.36. The summed E-state index contributed by atoms with van der Waals surface area (Å²) in [5, 5.41) is 5.92. The molecule has 0 saturated carbocycles. The van der Waals surface area contributed by atoms with Crippen molar-refractivity contribution >= 4 is 16.9 Å². The molecule has 0 aliphatic rings. The van der Waals surface area contributed by atoms with Gasteiger partial charge in [-0.05, 0) is 43.9 Å². The lowest BCUT2D eigenvalue weighted by atomic mass is 10.1. The number of hydrogen-bond acceptors (Lipinski definition) is 1. The van der Waals surface area contributed by atoms with E-state index < -0.39 is 0 Å². The van der Waals surface area contributed by atoms with Crippen molar-refractivity contribution in [2.75, 3.05) is 5.75 Å². The highest BCUT2D eigenvalue weighted by Gasteiger charge is 1.96. The number of nitrogens with two attached hydrogens (primary N) is 2. The van der Waals surface area contributed by atoms with Crippen LogP contribution < -0.4 is 11.1 Å². The number of unbranched alkanes of at least 4 members (excludes halogenated alkanes) is 12. The minimum absolute atomic E-state index is 0.507. The Morgan fingerprint density at radius 3 is 1.73 bits per heavy atom. The molecule has 2 nitrogen and oxygen atoms in total. The highest BCUT2D eigenvalue weighted by Crippen LogP contribution is 2.11. The van der Waals surface area contributed by atoms with Gasteiger partial charge in [0.1, 0.15) is 0 Å². The van der Waals surface area contributed by atoms with Crippen molar-refractivity contribution in [1.82, 2.24) is 0 Å². The summed E-state index contributed by atoms with van der Waals surface area (Å²) >= 11 is 1.58. The SMILES string of the molecule is CCCCCCCC/C=C\CCCCCCCCSC(N)=[NH2+]. The Hall–Kier alpha value is -0.440. The van der Waals surface area contributed by atoms with Gasteiger partial charge in [-0.3, -0.25) is 11.1 Å². The van der Waals surface area contributed by atoms with Gasteiger partial charge < -0.3 is 0 Å². The van der Waals surface area contributed by atoms with Gasteiger partial charge in [-0.2, -0.15) is 0 Å². The van der Waals surface area contributed by atoms with Crippen molar-refractivity contribution in [3.8, 4) is 0 Å². The molecule has 130 valence electrons. The molecule has 0 amide bonds. The van der Waals surface area contributed by atoms with Crippen LogP contribution in [0.5, 0.6) is 0 Å². The quantitative estimate of drug-likeness (QED) is 0.185. The third-order valence-electron chi connectivity index (χ3n) is 3.92. The van der Waals surface area contributed by atoms with Crippen molar-refractivity contribution in [3.05, 3.63) is 12.2 Å². The number of hydrogen-bond donors (Lipinski definition) is 2. The zero-order chi connectivity index (χ0) is 16.3. The van der Waals surface area contributed by atoms with Crippen LogP contribution in [-0.2, 0) is 0 Å². The molecular formula is C19H39N2S+. The predicted molar refractivity (Wildman–Crippen MR) is 103 cm³/mol. The first-order valence-electron chi connectivity index (χ1n) is 9.43. The Morgan fingerprint density at radius 2 is 1.23 bits per heavy atom. The molecule has 3 heteroatoms. The van der Waals surface area contributed by atoms with Gasteiger partial charge in [0.2, 0.25) is 0 Å². The first-order valence-corrected chi connectivity index (χ1v) is 10.4. The van der Waals surface area contributed by atoms with Gasteiger partial charge in [0, 0.05) is 5.75 Å². The summed E-state index contributed by atoms with van der Waals surface area (Å²) in [5.41, 5.74) is 5.41. The lowest BCUT2D eigenvalue weighted by molar-refractivity contribution is -0.110. The van der Waals surface area contributed by atoms with Crippen LogP contribution in [0, 0.1) is 0 Å². The fraction of sp³-hybridized carbons (Fsp3) is 0.842. The Kier molecular flexibility index (Phi) is 18.2. The smallest absolute Gasteiger partial charge is 0.282 e. The summed E-state index contributed by atoms with van der Waals surface area (Å²) < 4.78 is 0. The topological polar surface area (TPSA) is 51.6 Å². The first-order chi connectivity index (χ1) is 10.8. The summed E-state index contributed by atoms with van der Waals surface area (Å²) in [7, 11) is 0. The van der Waals surface area contributed by atoms with E-state index in [4.69, 9.17) is 11.1 Å². The molecule has 0 saturated heterocycles. The van der Waals surface area contributed by atoms with Crippen molar-refractivity contribution in [2.45, 2.75) is 96.8 Å². The molecule has 0 aromatic heterocycles. The monoisotopic (exact) mass is 327 g/mol. The summed E-state index contributed by atoms with van der Waals surface area (Å²) in [4.78, 5) is 0. The van der Waals surface area contributed by atoms with E-state index in [-0.39, 0.29) is 0 Å². The van der Waals surface area contributed by atoms with Crippen LogP contribution in [0.3, 0.4) is 0 Å². The maximum absolute atomic E-state index is 5.41. The third kappa shape index (κ3) is 19.6. The van der Waals surface area contributed by atoms with E-state index in [1.165, 1.54) is 89.9 Å². The molecule has 0 aromatic rings. The number of rotatable bonds is 16. The summed E-state index contributed by atoms with van der Waals surface area (Å²) in [5.74, 6) is 1.07. The highest BCUT2D eigenvalue weighted by molar-refractivity contribution is 8.13. The van der Waals surface area contributed by atoms with Crippen molar-refractivity contribution in [1.29, 1.82) is 0 Å². The van der Waals surface area contributed by atoms with Gasteiger partial charge in [0.25, 0.3) is 5.17 Å².